The van der Waals surface area contributed by atoms with Gasteiger partial charge in [-0.05, 0) is 162 Å². The number of hydrogen-bond acceptors (Lipinski definition) is 15. The molecule has 0 unspecified atom stereocenters. The molecule has 0 aliphatic rings. The van der Waals surface area contributed by atoms with Crippen molar-refractivity contribution in [1.82, 2.24) is 0 Å². The second-order valence-corrected chi connectivity index (χ2v) is 25.6. The normalized spacial score (nSPS) is 11.3. The Bertz CT molecular complexity index is 3250. The molecule has 0 aromatic heterocycles. The SMILES string of the molecule is CCCOc1ccc(-c2ccc(/C=C/C(=O)OCCCCCCCCCC(=O)OCC(COC(=O)CCCCCCCCCOC(=O)/C=C/c3ccc(-c4ccc(OCCC)cc4)cc3)OC(=O)CCCCCCCCCOC(=O)/C=C/c3ccc(-c4ccc(OCCC)cc4)cc3)cc2)cc1. The molecule has 15 nitrogen and oxygen atoms in total. The van der Waals surface area contributed by atoms with E-state index in [0.717, 1.165) is 202 Å². The first-order valence-corrected chi connectivity index (χ1v) is 37.5. The summed E-state index contributed by atoms with van der Waals surface area (Å²) in [5.74, 6) is 0.218. The van der Waals surface area contributed by atoms with Crippen molar-refractivity contribution >= 4 is 54.0 Å². The molecule has 0 fully saturated rings. The summed E-state index contributed by atoms with van der Waals surface area (Å²) in [6.07, 6.45) is 30.5. The predicted octanol–water partition coefficient (Wildman–Crippen LogP) is 20.5. The van der Waals surface area contributed by atoms with Crippen LogP contribution in [0.1, 0.15) is 211 Å². The fourth-order valence-electron chi connectivity index (χ4n) is 11.0. The lowest BCUT2D eigenvalue weighted by atomic mass is 10.0. The Morgan fingerprint density at radius 2 is 0.510 bits per heavy atom. The highest BCUT2D eigenvalue weighted by molar-refractivity contribution is 5.88. The molecule has 0 saturated heterocycles. The molecule has 0 aliphatic carbocycles. The standard InChI is InChI=1S/C87H110O15/c1-4-61-94-78-52-46-75(47-53-78)72-40-31-69(32-41-72)37-58-84(90)97-64-25-19-13-7-10-16-22-28-82(88)100-67-81(102-87(93)30-24-18-12-9-15-21-27-66-99-86(92)60-39-71-35-44-74(45-36-71)77-50-56-80(57-51-77)96-63-6-3)68-101-83(89)29-23-17-11-8-14-20-26-65-98-85(91)59-38-70-33-42-73(43-34-70)76-48-54-79(55-49-76)95-62-5-2/h31-60,81H,4-30,61-68H2,1-3H3/b58-37+,59-38+,60-39+. The minimum atomic E-state index is -0.927. The maximum atomic E-state index is 13.1. The molecule has 0 aliphatic heterocycles. The number of carbonyl (C=O) groups is 6. The fourth-order valence-corrected chi connectivity index (χ4v) is 11.0. The minimum Gasteiger partial charge on any atom is -0.494 e. The number of unbranched alkanes of at least 4 members (excludes halogenated alkanes) is 18. The number of benzene rings is 6. The molecule has 0 amide bonds. The molecule has 102 heavy (non-hydrogen) atoms. The first-order valence-electron chi connectivity index (χ1n) is 37.5. The van der Waals surface area contributed by atoms with E-state index in [1.807, 2.05) is 146 Å². The van der Waals surface area contributed by atoms with Crippen molar-refractivity contribution in [3.8, 4) is 50.6 Å². The molecule has 15 heteroatoms. The average Bonchev–Trinajstić information content (AvgIpc) is 0.871. The molecular formula is C87H110O15. The van der Waals surface area contributed by atoms with Crippen LogP contribution in [-0.2, 0) is 57.2 Å². The highest BCUT2D eigenvalue weighted by atomic mass is 16.6. The summed E-state index contributed by atoms with van der Waals surface area (Å²) >= 11 is 0. The number of ether oxygens (including phenoxy) is 9. The van der Waals surface area contributed by atoms with E-state index in [-0.39, 0.29) is 50.4 Å². The molecule has 0 saturated carbocycles. The summed E-state index contributed by atoms with van der Waals surface area (Å²) < 4.78 is 50.3. The van der Waals surface area contributed by atoms with Gasteiger partial charge < -0.3 is 42.6 Å². The van der Waals surface area contributed by atoms with E-state index < -0.39 is 24.0 Å². The van der Waals surface area contributed by atoms with Gasteiger partial charge in [0.2, 0.25) is 0 Å². The topological polar surface area (TPSA) is 185 Å². The van der Waals surface area contributed by atoms with Crippen LogP contribution in [0.25, 0.3) is 51.6 Å². The van der Waals surface area contributed by atoms with Crippen LogP contribution in [0.4, 0.5) is 0 Å². The van der Waals surface area contributed by atoms with Crippen molar-refractivity contribution in [2.24, 2.45) is 0 Å². The zero-order chi connectivity index (χ0) is 72.3. The van der Waals surface area contributed by atoms with Crippen molar-refractivity contribution in [1.29, 1.82) is 0 Å². The molecule has 0 atom stereocenters. The van der Waals surface area contributed by atoms with Gasteiger partial charge in [0, 0.05) is 37.5 Å². The van der Waals surface area contributed by atoms with Crippen LogP contribution in [0.15, 0.2) is 164 Å². The third kappa shape index (κ3) is 35.9. The lowest BCUT2D eigenvalue weighted by Gasteiger charge is -2.18. The van der Waals surface area contributed by atoms with Gasteiger partial charge in [-0.3, -0.25) is 14.4 Å². The first kappa shape index (κ1) is 81.7. The number of hydrogen-bond donors (Lipinski definition) is 0. The van der Waals surface area contributed by atoms with Crippen LogP contribution >= 0.6 is 0 Å². The second kappa shape index (κ2) is 51.0. The summed E-state index contributed by atoms with van der Waals surface area (Å²) in [7, 11) is 0. The minimum absolute atomic E-state index is 0.187. The van der Waals surface area contributed by atoms with Crippen LogP contribution in [-0.4, -0.2) is 94.8 Å². The van der Waals surface area contributed by atoms with E-state index in [4.69, 9.17) is 42.6 Å². The molecule has 6 aromatic rings. The van der Waals surface area contributed by atoms with Gasteiger partial charge in [0.25, 0.3) is 0 Å². The number of esters is 6. The Morgan fingerprint density at radius 3 is 0.775 bits per heavy atom. The van der Waals surface area contributed by atoms with Gasteiger partial charge in [0.15, 0.2) is 6.10 Å². The van der Waals surface area contributed by atoms with Gasteiger partial charge >= 0.3 is 35.8 Å². The Kier molecular flexibility index (Phi) is 40.8. The van der Waals surface area contributed by atoms with Crippen molar-refractivity contribution in [3.63, 3.8) is 0 Å². The van der Waals surface area contributed by atoms with Gasteiger partial charge in [-0.25, -0.2) is 14.4 Å². The van der Waals surface area contributed by atoms with Crippen LogP contribution in [0.5, 0.6) is 17.2 Å². The zero-order valence-electron chi connectivity index (χ0n) is 60.8. The van der Waals surface area contributed by atoms with Gasteiger partial charge in [-0.15, -0.1) is 0 Å². The average molecular weight is 1400 g/mol. The molecule has 0 bridgehead atoms. The smallest absolute Gasteiger partial charge is 0.330 e. The predicted molar refractivity (Wildman–Crippen MR) is 406 cm³/mol. The Balaban J connectivity index is 0.800. The van der Waals surface area contributed by atoms with Crippen LogP contribution in [0.2, 0.25) is 0 Å². The summed E-state index contributed by atoms with van der Waals surface area (Å²) in [6, 6.07) is 48.1. The molecule has 6 rings (SSSR count). The Hall–Kier alpha value is -9.24. The summed E-state index contributed by atoms with van der Waals surface area (Å²) in [4.78, 5) is 76.0. The van der Waals surface area contributed by atoms with Crippen LogP contribution < -0.4 is 14.2 Å². The van der Waals surface area contributed by atoms with E-state index in [9.17, 15) is 28.8 Å². The van der Waals surface area contributed by atoms with Crippen molar-refractivity contribution < 1.29 is 71.4 Å². The lowest BCUT2D eigenvalue weighted by Crippen LogP contribution is -2.30. The van der Waals surface area contributed by atoms with Gasteiger partial charge in [-0.1, -0.05) is 226 Å². The molecule has 0 N–H and O–H groups in total. The third-order valence-corrected chi connectivity index (χ3v) is 16.9. The molecule has 0 spiro atoms. The van der Waals surface area contributed by atoms with Crippen molar-refractivity contribution in [3.05, 3.63) is 181 Å². The first-order chi connectivity index (χ1) is 50.0. The number of carbonyl (C=O) groups excluding carboxylic acids is 6. The van der Waals surface area contributed by atoms with Crippen LogP contribution in [0, 0.1) is 0 Å². The highest BCUT2D eigenvalue weighted by Gasteiger charge is 2.20. The largest absolute Gasteiger partial charge is 0.494 e. The molecule has 548 valence electrons. The maximum Gasteiger partial charge on any atom is 0.330 e. The van der Waals surface area contributed by atoms with E-state index in [1.165, 1.54) is 18.2 Å². The van der Waals surface area contributed by atoms with Gasteiger partial charge in [0.1, 0.15) is 30.5 Å². The summed E-state index contributed by atoms with van der Waals surface area (Å²) in [5.41, 5.74) is 9.23. The second-order valence-electron chi connectivity index (χ2n) is 25.6. The Morgan fingerprint density at radius 1 is 0.275 bits per heavy atom. The molecular weight excluding hydrogens is 1280 g/mol. The van der Waals surface area contributed by atoms with Gasteiger partial charge in [0.05, 0.1) is 39.6 Å². The van der Waals surface area contributed by atoms with Crippen molar-refractivity contribution in [2.45, 2.75) is 200 Å². The molecule has 0 heterocycles. The quantitative estimate of drug-likeness (QED) is 0.0152. The zero-order valence-corrected chi connectivity index (χ0v) is 60.8. The summed E-state index contributed by atoms with van der Waals surface area (Å²) in [6.45, 7) is 8.96. The highest BCUT2D eigenvalue weighted by Crippen LogP contribution is 2.27. The van der Waals surface area contributed by atoms with Crippen LogP contribution in [0.3, 0.4) is 0 Å². The fraction of sp³-hybridized carbons (Fsp3) is 0.448. The van der Waals surface area contributed by atoms with E-state index in [1.54, 1.807) is 18.2 Å². The van der Waals surface area contributed by atoms with E-state index >= 15 is 0 Å². The molecule has 6 aromatic carbocycles. The van der Waals surface area contributed by atoms with E-state index in [2.05, 4.69) is 20.8 Å². The van der Waals surface area contributed by atoms with Crippen molar-refractivity contribution in [2.75, 3.05) is 52.9 Å². The third-order valence-electron chi connectivity index (χ3n) is 16.9. The van der Waals surface area contributed by atoms with Gasteiger partial charge in [-0.2, -0.15) is 0 Å². The van der Waals surface area contributed by atoms with E-state index in [0.29, 0.717) is 58.9 Å². The summed E-state index contributed by atoms with van der Waals surface area (Å²) in [5, 5.41) is 0. The lowest BCUT2D eigenvalue weighted by molar-refractivity contribution is -0.167. The Labute approximate surface area is 606 Å². The molecule has 0 radical (unpaired) electrons. The number of rotatable bonds is 53. The monoisotopic (exact) mass is 1390 g/mol. The maximum absolute atomic E-state index is 13.1.